The summed E-state index contributed by atoms with van der Waals surface area (Å²) in [5, 5.41) is 3.41. The van der Waals surface area contributed by atoms with Gasteiger partial charge in [0, 0.05) is 23.7 Å². The molecular formula is C28H31F3N2O2. The van der Waals surface area contributed by atoms with E-state index >= 15 is 0 Å². The maximum absolute atomic E-state index is 13.1. The summed E-state index contributed by atoms with van der Waals surface area (Å²) in [5.74, 6) is 1.31. The van der Waals surface area contributed by atoms with E-state index in [1.807, 2.05) is 26.1 Å². The van der Waals surface area contributed by atoms with Gasteiger partial charge in [-0.15, -0.1) is 0 Å². The molecule has 0 bridgehead atoms. The first-order valence-electron chi connectivity index (χ1n) is 12.4. The lowest BCUT2D eigenvalue weighted by Crippen LogP contribution is -2.46. The molecule has 1 aromatic carbocycles. The number of nitrogens with zero attached hydrogens (tertiary/aromatic N) is 1. The Morgan fingerprint density at radius 2 is 1.94 bits per heavy atom. The zero-order chi connectivity index (χ0) is 24.7. The molecule has 35 heavy (non-hydrogen) atoms. The summed E-state index contributed by atoms with van der Waals surface area (Å²) in [4.78, 5) is 17.1. The molecule has 0 radical (unpaired) electrons. The molecule has 7 atom stereocenters. The summed E-state index contributed by atoms with van der Waals surface area (Å²) >= 11 is 0. The fourth-order valence-electron chi connectivity index (χ4n) is 6.64. The minimum atomic E-state index is -4.38. The van der Waals surface area contributed by atoms with Crippen molar-refractivity contribution in [2.75, 3.05) is 7.05 Å². The van der Waals surface area contributed by atoms with Crippen molar-refractivity contribution in [2.45, 2.75) is 50.9 Å². The van der Waals surface area contributed by atoms with Gasteiger partial charge in [-0.1, -0.05) is 24.3 Å². The first-order chi connectivity index (χ1) is 16.7. The number of benzene rings is 1. The van der Waals surface area contributed by atoms with Crippen LogP contribution in [0.3, 0.4) is 0 Å². The third kappa shape index (κ3) is 4.75. The van der Waals surface area contributed by atoms with E-state index in [1.54, 1.807) is 18.3 Å². The van der Waals surface area contributed by atoms with Crippen LogP contribution in [0.25, 0.3) is 17.2 Å². The molecule has 7 heteroatoms. The van der Waals surface area contributed by atoms with Crippen molar-refractivity contribution in [2.24, 2.45) is 29.6 Å². The topological polar surface area (TPSA) is 51.2 Å². The molecule has 186 valence electrons. The van der Waals surface area contributed by atoms with E-state index in [1.165, 1.54) is 6.07 Å². The SMILES string of the molecule is CN[C@@H]1CC[C@@H]2[C@@H](C1)C[C@H]1C(=O)O[C@H](C)[C@H]1[C@H]2C=Cc1ccc(-c2cccc(C(F)(F)F)c2)cn1. The van der Waals surface area contributed by atoms with Gasteiger partial charge in [-0.2, -0.15) is 13.2 Å². The molecule has 2 saturated carbocycles. The van der Waals surface area contributed by atoms with Crippen LogP contribution in [-0.2, 0) is 15.7 Å². The second-order valence-electron chi connectivity index (χ2n) is 10.3. The molecule has 3 aliphatic rings. The number of halogens is 3. The van der Waals surface area contributed by atoms with E-state index in [0.717, 1.165) is 43.5 Å². The summed E-state index contributed by atoms with van der Waals surface area (Å²) in [6.45, 7) is 2.01. The standard InChI is InChI=1S/C28H31F3N2O2/c1-16-26-24(23-10-9-22(32-2)13-19(23)14-25(26)27(34)35-16)11-8-21-7-6-18(15-33-21)17-4-3-5-20(12-17)28(29,30)31/h3-8,11-12,15-16,19,22-26,32H,9-10,13-14H2,1-2H3/t16-,19+,22-,23-,24+,25-,26+/m1/s1. The summed E-state index contributed by atoms with van der Waals surface area (Å²) in [7, 11) is 2.01. The van der Waals surface area contributed by atoms with Crippen molar-refractivity contribution in [3.8, 4) is 11.1 Å². The molecule has 1 saturated heterocycles. The minimum Gasteiger partial charge on any atom is -0.462 e. The lowest BCUT2D eigenvalue weighted by Gasteiger charge is -2.47. The average Bonchev–Trinajstić information content (AvgIpc) is 3.14. The highest BCUT2D eigenvalue weighted by Crippen LogP contribution is 2.53. The van der Waals surface area contributed by atoms with Gasteiger partial charge in [0.1, 0.15) is 6.10 Å². The number of allylic oxidation sites excluding steroid dienone is 1. The van der Waals surface area contributed by atoms with Crippen LogP contribution in [0, 0.1) is 29.6 Å². The Morgan fingerprint density at radius 3 is 2.66 bits per heavy atom. The number of carbonyl (C=O) groups excluding carboxylic acids is 1. The van der Waals surface area contributed by atoms with Crippen molar-refractivity contribution < 1.29 is 22.7 Å². The third-order valence-electron chi connectivity index (χ3n) is 8.36. The Morgan fingerprint density at radius 1 is 1.11 bits per heavy atom. The fourth-order valence-corrected chi connectivity index (χ4v) is 6.64. The number of nitrogens with one attached hydrogen (secondary N) is 1. The molecule has 1 aliphatic heterocycles. The summed E-state index contributed by atoms with van der Waals surface area (Å²) in [6, 6.07) is 9.42. The predicted molar refractivity (Wildman–Crippen MR) is 128 cm³/mol. The molecule has 0 unspecified atom stereocenters. The maximum atomic E-state index is 13.1. The Balaban J connectivity index is 1.37. The second-order valence-corrected chi connectivity index (χ2v) is 10.3. The first-order valence-corrected chi connectivity index (χ1v) is 12.4. The number of hydrogen-bond donors (Lipinski definition) is 1. The number of carbonyl (C=O) groups is 1. The van der Waals surface area contributed by atoms with Gasteiger partial charge < -0.3 is 10.1 Å². The van der Waals surface area contributed by atoms with Crippen molar-refractivity contribution in [3.05, 3.63) is 59.9 Å². The zero-order valence-electron chi connectivity index (χ0n) is 20.0. The molecule has 0 spiro atoms. The van der Waals surface area contributed by atoms with Gasteiger partial charge in [-0.25, -0.2) is 0 Å². The van der Waals surface area contributed by atoms with Crippen LogP contribution in [0.4, 0.5) is 13.2 Å². The number of rotatable bonds is 4. The number of alkyl halides is 3. The van der Waals surface area contributed by atoms with Crippen molar-refractivity contribution >= 4 is 12.0 Å². The van der Waals surface area contributed by atoms with Crippen LogP contribution in [0.5, 0.6) is 0 Å². The Kier molecular flexibility index (Phi) is 6.47. The molecule has 2 aromatic rings. The van der Waals surface area contributed by atoms with Crippen molar-refractivity contribution in [3.63, 3.8) is 0 Å². The number of aromatic nitrogens is 1. The van der Waals surface area contributed by atoms with Crippen LogP contribution in [0.15, 0.2) is 48.7 Å². The van der Waals surface area contributed by atoms with Gasteiger partial charge in [0.2, 0.25) is 0 Å². The van der Waals surface area contributed by atoms with Crippen LogP contribution in [0.1, 0.15) is 43.9 Å². The lowest BCUT2D eigenvalue weighted by atomic mass is 9.57. The van der Waals surface area contributed by atoms with E-state index in [0.29, 0.717) is 29.0 Å². The van der Waals surface area contributed by atoms with Gasteiger partial charge >= 0.3 is 12.1 Å². The quantitative estimate of drug-likeness (QED) is 0.543. The number of hydrogen-bond acceptors (Lipinski definition) is 4. The largest absolute Gasteiger partial charge is 0.462 e. The van der Waals surface area contributed by atoms with Crippen LogP contribution < -0.4 is 5.32 Å². The van der Waals surface area contributed by atoms with Gasteiger partial charge in [0.25, 0.3) is 0 Å². The number of fused-ring (bicyclic) bond motifs is 2. The molecule has 4 nitrogen and oxygen atoms in total. The number of ether oxygens (including phenoxy) is 1. The Labute approximate surface area is 204 Å². The van der Waals surface area contributed by atoms with Gasteiger partial charge in [0.15, 0.2) is 0 Å². The van der Waals surface area contributed by atoms with E-state index in [-0.39, 0.29) is 29.8 Å². The highest BCUT2D eigenvalue weighted by Gasteiger charge is 2.54. The van der Waals surface area contributed by atoms with Crippen LogP contribution in [-0.4, -0.2) is 30.1 Å². The molecular weight excluding hydrogens is 453 g/mol. The molecule has 5 rings (SSSR count). The Hall–Kier alpha value is -2.67. The molecule has 3 fully saturated rings. The van der Waals surface area contributed by atoms with E-state index < -0.39 is 11.7 Å². The lowest BCUT2D eigenvalue weighted by molar-refractivity contribution is -0.144. The zero-order valence-corrected chi connectivity index (χ0v) is 20.0. The van der Waals surface area contributed by atoms with Gasteiger partial charge in [-0.3, -0.25) is 9.78 Å². The maximum Gasteiger partial charge on any atom is 0.416 e. The third-order valence-corrected chi connectivity index (χ3v) is 8.36. The number of cyclic esters (lactones) is 1. The van der Waals surface area contributed by atoms with Crippen molar-refractivity contribution in [1.82, 2.24) is 10.3 Å². The predicted octanol–water partition coefficient (Wildman–Crippen LogP) is 5.98. The first kappa shape index (κ1) is 24.0. The molecule has 1 aromatic heterocycles. The number of pyridine rings is 1. The highest BCUT2D eigenvalue weighted by molar-refractivity contribution is 5.75. The van der Waals surface area contributed by atoms with E-state index in [9.17, 15) is 18.0 Å². The molecule has 1 N–H and O–H groups in total. The second kappa shape index (κ2) is 9.41. The Bertz CT molecular complexity index is 1100. The molecule has 2 aliphatic carbocycles. The summed E-state index contributed by atoms with van der Waals surface area (Å²) < 4.78 is 44.9. The molecule has 0 amide bonds. The highest BCUT2D eigenvalue weighted by atomic mass is 19.4. The van der Waals surface area contributed by atoms with Crippen LogP contribution >= 0.6 is 0 Å². The number of esters is 1. The van der Waals surface area contributed by atoms with E-state index in [4.69, 9.17) is 4.74 Å². The van der Waals surface area contributed by atoms with Gasteiger partial charge in [0.05, 0.1) is 17.2 Å². The van der Waals surface area contributed by atoms with E-state index in [2.05, 4.69) is 16.4 Å². The van der Waals surface area contributed by atoms with Crippen LogP contribution in [0.2, 0.25) is 0 Å². The van der Waals surface area contributed by atoms with Crippen molar-refractivity contribution in [1.29, 1.82) is 0 Å². The smallest absolute Gasteiger partial charge is 0.416 e. The average molecular weight is 485 g/mol. The minimum absolute atomic E-state index is 0.0484. The normalized spacial score (nSPS) is 32.8. The van der Waals surface area contributed by atoms with Gasteiger partial charge in [-0.05, 0) is 87.2 Å². The molecule has 2 heterocycles. The summed E-state index contributed by atoms with van der Waals surface area (Å²) in [5.41, 5.74) is 1.20. The summed E-state index contributed by atoms with van der Waals surface area (Å²) in [6.07, 6.45) is 5.59. The fraction of sp³-hybridized carbons (Fsp3) is 0.500. The monoisotopic (exact) mass is 484 g/mol.